The molecule has 1 aromatic heterocycles. The molecule has 4 nitrogen and oxygen atoms in total. The van der Waals surface area contributed by atoms with Gasteiger partial charge in [0.25, 0.3) is 0 Å². The maximum absolute atomic E-state index is 7.56. The SMILES string of the molecule is Cc1cc(C(=N)N)cc(N2CCSC(C)C2C)n1. The number of hydrogen-bond donors (Lipinski definition) is 2. The third-order valence-corrected chi connectivity index (χ3v) is 4.77. The molecule has 0 radical (unpaired) electrons. The Bertz CT molecular complexity index is 460. The van der Waals surface area contributed by atoms with E-state index in [1.807, 2.05) is 30.8 Å². The number of aryl methyl sites for hydroxylation is 1. The van der Waals surface area contributed by atoms with Gasteiger partial charge < -0.3 is 10.6 Å². The van der Waals surface area contributed by atoms with E-state index in [-0.39, 0.29) is 5.84 Å². The maximum atomic E-state index is 7.56. The molecule has 2 atom stereocenters. The van der Waals surface area contributed by atoms with Crippen LogP contribution >= 0.6 is 11.8 Å². The number of nitrogens with one attached hydrogen (secondary N) is 1. The Balaban J connectivity index is 2.35. The van der Waals surface area contributed by atoms with Gasteiger partial charge in [0.2, 0.25) is 0 Å². The van der Waals surface area contributed by atoms with Crippen LogP contribution in [-0.2, 0) is 0 Å². The minimum absolute atomic E-state index is 0.105. The number of thioether (sulfide) groups is 1. The number of nitrogens with zero attached hydrogens (tertiary/aromatic N) is 2. The monoisotopic (exact) mass is 264 g/mol. The van der Waals surface area contributed by atoms with Gasteiger partial charge in [-0.2, -0.15) is 11.8 Å². The van der Waals surface area contributed by atoms with E-state index in [9.17, 15) is 0 Å². The van der Waals surface area contributed by atoms with Gasteiger partial charge >= 0.3 is 0 Å². The summed E-state index contributed by atoms with van der Waals surface area (Å²) in [5.74, 6) is 2.17. The van der Waals surface area contributed by atoms with E-state index < -0.39 is 0 Å². The Hall–Kier alpha value is -1.23. The first-order valence-electron chi connectivity index (χ1n) is 6.20. The summed E-state index contributed by atoms with van der Waals surface area (Å²) in [7, 11) is 0. The van der Waals surface area contributed by atoms with Crippen molar-refractivity contribution in [1.82, 2.24) is 4.98 Å². The van der Waals surface area contributed by atoms with E-state index in [0.717, 1.165) is 29.4 Å². The van der Waals surface area contributed by atoms with Crippen LogP contribution in [-0.4, -0.2) is 34.4 Å². The van der Waals surface area contributed by atoms with Crippen molar-refractivity contribution in [3.63, 3.8) is 0 Å². The molecule has 1 aromatic rings. The van der Waals surface area contributed by atoms with Crippen molar-refractivity contribution in [3.05, 3.63) is 23.4 Å². The molecule has 1 aliphatic heterocycles. The van der Waals surface area contributed by atoms with Crippen LogP contribution in [0.15, 0.2) is 12.1 Å². The summed E-state index contributed by atoms with van der Waals surface area (Å²) in [6, 6.07) is 4.24. The Morgan fingerprint density at radius 2 is 2.22 bits per heavy atom. The fourth-order valence-electron chi connectivity index (χ4n) is 2.21. The second kappa shape index (κ2) is 5.18. The fraction of sp³-hybridized carbons (Fsp3) is 0.538. The average Bonchev–Trinajstić information content (AvgIpc) is 2.31. The van der Waals surface area contributed by atoms with Crippen LogP contribution in [0.4, 0.5) is 5.82 Å². The van der Waals surface area contributed by atoms with Gasteiger partial charge in [-0.25, -0.2) is 4.98 Å². The van der Waals surface area contributed by atoms with Crippen molar-refractivity contribution in [2.45, 2.75) is 32.1 Å². The van der Waals surface area contributed by atoms with Crippen molar-refractivity contribution < 1.29 is 0 Å². The first kappa shape index (κ1) is 13.2. The highest BCUT2D eigenvalue weighted by atomic mass is 32.2. The molecule has 0 aromatic carbocycles. The zero-order chi connectivity index (χ0) is 13.3. The molecule has 2 heterocycles. The van der Waals surface area contributed by atoms with Gasteiger partial charge in [-0.3, -0.25) is 5.41 Å². The molecule has 18 heavy (non-hydrogen) atoms. The number of aromatic nitrogens is 1. The van der Waals surface area contributed by atoms with E-state index >= 15 is 0 Å². The van der Waals surface area contributed by atoms with Gasteiger partial charge in [0.1, 0.15) is 11.7 Å². The van der Waals surface area contributed by atoms with Crippen LogP contribution in [0.5, 0.6) is 0 Å². The molecule has 2 rings (SSSR count). The minimum Gasteiger partial charge on any atom is -0.384 e. The molecular weight excluding hydrogens is 244 g/mol. The van der Waals surface area contributed by atoms with Crippen molar-refractivity contribution in [3.8, 4) is 0 Å². The van der Waals surface area contributed by atoms with Crippen LogP contribution in [0.2, 0.25) is 0 Å². The van der Waals surface area contributed by atoms with Crippen LogP contribution < -0.4 is 10.6 Å². The van der Waals surface area contributed by atoms with E-state index in [0.29, 0.717) is 11.3 Å². The molecule has 0 bridgehead atoms. The third kappa shape index (κ3) is 2.61. The number of amidine groups is 1. The minimum atomic E-state index is 0.105. The predicted molar refractivity (Wildman–Crippen MR) is 78.7 cm³/mol. The number of nitrogens with two attached hydrogens (primary N) is 1. The Morgan fingerprint density at radius 3 is 2.89 bits per heavy atom. The lowest BCUT2D eigenvalue weighted by Gasteiger charge is -2.38. The lowest BCUT2D eigenvalue weighted by atomic mass is 10.1. The Labute approximate surface area is 112 Å². The Kier molecular flexibility index (Phi) is 3.80. The molecule has 1 fully saturated rings. The summed E-state index contributed by atoms with van der Waals surface area (Å²) >= 11 is 2.00. The number of pyridine rings is 1. The highest BCUT2D eigenvalue weighted by Crippen LogP contribution is 2.28. The van der Waals surface area contributed by atoms with Gasteiger partial charge in [0.15, 0.2) is 0 Å². The third-order valence-electron chi connectivity index (χ3n) is 3.43. The molecule has 2 unspecified atom stereocenters. The van der Waals surface area contributed by atoms with Gasteiger partial charge in [-0.1, -0.05) is 6.92 Å². The predicted octanol–water partition coefficient (Wildman–Crippen LogP) is 2.00. The summed E-state index contributed by atoms with van der Waals surface area (Å²) in [6.07, 6.45) is 0. The summed E-state index contributed by atoms with van der Waals surface area (Å²) < 4.78 is 0. The molecule has 0 saturated carbocycles. The molecule has 5 heteroatoms. The second-order valence-electron chi connectivity index (χ2n) is 4.78. The molecule has 0 amide bonds. The van der Waals surface area contributed by atoms with Crippen LogP contribution in [0.3, 0.4) is 0 Å². The molecular formula is C13H20N4S. The van der Waals surface area contributed by atoms with Gasteiger partial charge in [0, 0.05) is 34.8 Å². The second-order valence-corrected chi connectivity index (χ2v) is 6.26. The highest BCUT2D eigenvalue weighted by molar-refractivity contribution is 8.00. The zero-order valence-electron chi connectivity index (χ0n) is 11.1. The molecule has 98 valence electrons. The molecule has 0 aliphatic carbocycles. The lowest BCUT2D eigenvalue weighted by Crippen LogP contribution is -2.45. The zero-order valence-corrected chi connectivity index (χ0v) is 11.9. The van der Waals surface area contributed by atoms with Gasteiger partial charge in [0.05, 0.1) is 0 Å². The lowest BCUT2D eigenvalue weighted by molar-refractivity contribution is 0.619. The number of rotatable bonds is 2. The van der Waals surface area contributed by atoms with Gasteiger partial charge in [-0.05, 0) is 26.0 Å². The number of hydrogen-bond acceptors (Lipinski definition) is 4. The van der Waals surface area contributed by atoms with E-state index in [2.05, 4.69) is 23.7 Å². The normalized spacial score (nSPS) is 24.1. The first-order chi connectivity index (χ1) is 8.49. The van der Waals surface area contributed by atoms with Crippen molar-refractivity contribution >= 4 is 23.4 Å². The van der Waals surface area contributed by atoms with E-state index in [1.54, 1.807) is 0 Å². The maximum Gasteiger partial charge on any atom is 0.129 e. The molecule has 3 N–H and O–H groups in total. The van der Waals surface area contributed by atoms with E-state index in [1.165, 1.54) is 0 Å². The van der Waals surface area contributed by atoms with Crippen molar-refractivity contribution in [2.75, 3.05) is 17.2 Å². The van der Waals surface area contributed by atoms with Gasteiger partial charge in [-0.15, -0.1) is 0 Å². The smallest absolute Gasteiger partial charge is 0.129 e. The fourth-order valence-corrected chi connectivity index (χ4v) is 3.31. The highest BCUT2D eigenvalue weighted by Gasteiger charge is 2.26. The van der Waals surface area contributed by atoms with Crippen molar-refractivity contribution in [2.24, 2.45) is 5.73 Å². The van der Waals surface area contributed by atoms with Crippen LogP contribution in [0.25, 0.3) is 0 Å². The van der Waals surface area contributed by atoms with Crippen LogP contribution in [0.1, 0.15) is 25.1 Å². The summed E-state index contributed by atoms with van der Waals surface area (Å²) in [4.78, 5) is 6.91. The molecule has 1 aliphatic rings. The summed E-state index contributed by atoms with van der Waals surface area (Å²) in [5, 5.41) is 8.16. The Morgan fingerprint density at radius 1 is 1.50 bits per heavy atom. The average molecular weight is 264 g/mol. The standard InChI is InChI=1S/C13H20N4S/c1-8-6-11(13(14)15)7-12(16-8)17-4-5-18-10(3)9(17)2/h6-7,9-10H,4-5H2,1-3H3,(H3,14,15). The largest absolute Gasteiger partial charge is 0.384 e. The number of nitrogen functional groups attached to an aromatic ring is 1. The topological polar surface area (TPSA) is 66.0 Å². The quantitative estimate of drug-likeness (QED) is 0.633. The summed E-state index contributed by atoms with van der Waals surface area (Å²) in [5.41, 5.74) is 7.25. The van der Waals surface area contributed by atoms with E-state index in [4.69, 9.17) is 11.1 Å². The van der Waals surface area contributed by atoms with Crippen LogP contribution in [0, 0.1) is 12.3 Å². The summed E-state index contributed by atoms with van der Waals surface area (Å²) in [6.45, 7) is 7.43. The van der Waals surface area contributed by atoms with Crippen molar-refractivity contribution in [1.29, 1.82) is 5.41 Å². The first-order valence-corrected chi connectivity index (χ1v) is 7.25. The molecule has 1 saturated heterocycles. The molecule has 0 spiro atoms. The number of anilines is 1.